The van der Waals surface area contributed by atoms with Crippen molar-refractivity contribution in [3.8, 4) is 17.1 Å². The lowest BCUT2D eigenvalue weighted by atomic mass is 10.1. The van der Waals surface area contributed by atoms with Gasteiger partial charge >= 0.3 is 0 Å². The molecule has 0 unspecified atom stereocenters. The molecule has 2 N–H and O–H groups in total. The van der Waals surface area contributed by atoms with E-state index in [1.54, 1.807) is 9.36 Å². The van der Waals surface area contributed by atoms with Gasteiger partial charge in [0.2, 0.25) is 5.91 Å². The highest BCUT2D eigenvalue weighted by Gasteiger charge is 2.22. The highest BCUT2D eigenvalue weighted by Crippen LogP contribution is 2.25. The molecule has 124 valence electrons. The van der Waals surface area contributed by atoms with Gasteiger partial charge in [0, 0.05) is 5.56 Å². The average molecular weight is 326 g/mol. The zero-order valence-electron chi connectivity index (χ0n) is 13.7. The second-order valence-electron chi connectivity index (χ2n) is 6.38. The van der Waals surface area contributed by atoms with E-state index in [9.17, 15) is 4.79 Å². The fourth-order valence-corrected chi connectivity index (χ4v) is 2.28. The molecular weight excluding hydrogens is 308 g/mol. The Balaban J connectivity index is 2.01. The molecule has 0 aliphatic carbocycles. The van der Waals surface area contributed by atoms with Crippen molar-refractivity contribution in [2.24, 2.45) is 5.73 Å². The maximum Gasteiger partial charge on any atom is 0.225 e. The van der Waals surface area contributed by atoms with Crippen LogP contribution in [0.1, 0.15) is 26.6 Å². The predicted molar refractivity (Wildman–Crippen MR) is 86.1 cm³/mol. The summed E-state index contributed by atoms with van der Waals surface area (Å²) < 4.78 is 3.37. The Kier molecular flexibility index (Phi) is 3.84. The molecule has 0 fully saturated rings. The number of carbonyl (C=O) groups excluding carboxylic acids is 1. The Morgan fingerprint density at radius 1 is 1.21 bits per heavy atom. The van der Waals surface area contributed by atoms with E-state index in [1.165, 1.54) is 6.33 Å². The fraction of sp³-hybridized carbons (Fsp3) is 0.333. The Morgan fingerprint density at radius 2 is 1.92 bits per heavy atom. The molecule has 24 heavy (non-hydrogen) atoms. The minimum Gasteiger partial charge on any atom is -0.369 e. The van der Waals surface area contributed by atoms with Crippen molar-refractivity contribution >= 4 is 5.91 Å². The van der Waals surface area contributed by atoms with Gasteiger partial charge in [-0.05, 0) is 55.5 Å². The van der Waals surface area contributed by atoms with E-state index in [1.807, 2.05) is 45.0 Å². The summed E-state index contributed by atoms with van der Waals surface area (Å²) in [5, 5.41) is 15.5. The summed E-state index contributed by atoms with van der Waals surface area (Å²) in [6.07, 6.45) is 1.54. The number of aromatic nitrogens is 7. The summed E-state index contributed by atoms with van der Waals surface area (Å²) in [7, 11) is 0. The molecule has 0 radical (unpaired) electrons. The summed E-state index contributed by atoms with van der Waals surface area (Å²) >= 11 is 0. The number of benzene rings is 1. The van der Waals surface area contributed by atoms with Crippen LogP contribution in [0, 0.1) is 0 Å². The van der Waals surface area contributed by atoms with E-state index >= 15 is 0 Å². The van der Waals surface area contributed by atoms with Crippen LogP contribution in [0.5, 0.6) is 0 Å². The van der Waals surface area contributed by atoms with Gasteiger partial charge in [-0.15, -0.1) is 5.10 Å². The van der Waals surface area contributed by atoms with Crippen LogP contribution < -0.4 is 5.73 Å². The molecule has 2 heterocycles. The molecule has 0 aliphatic heterocycles. The number of nitrogens with zero attached hydrogens (tertiary/aromatic N) is 7. The Bertz CT molecular complexity index is 843. The first-order valence-corrected chi connectivity index (χ1v) is 7.43. The second kappa shape index (κ2) is 5.84. The van der Waals surface area contributed by atoms with Crippen LogP contribution in [0.4, 0.5) is 0 Å². The first-order valence-electron chi connectivity index (χ1n) is 7.43. The predicted octanol–water partition coefficient (Wildman–Crippen LogP) is 0.704. The number of hydrogen-bond acceptors (Lipinski definition) is 6. The fourth-order valence-electron chi connectivity index (χ4n) is 2.28. The molecule has 3 rings (SSSR count). The largest absolute Gasteiger partial charge is 0.369 e. The lowest BCUT2D eigenvalue weighted by Crippen LogP contribution is -2.24. The SMILES string of the molecule is CC(C)(C)n1nc(CC(N)=O)nc1-c1ccc(-n2cnnn2)cc1. The first kappa shape index (κ1) is 15.8. The van der Waals surface area contributed by atoms with Crippen LogP contribution in [0.15, 0.2) is 30.6 Å². The van der Waals surface area contributed by atoms with Crippen LogP contribution in [-0.4, -0.2) is 40.9 Å². The first-order chi connectivity index (χ1) is 11.3. The van der Waals surface area contributed by atoms with Crippen molar-refractivity contribution < 1.29 is 4.79 Å². The number of carbonyl (C=O) groups is 1. The monoisotopic (exact) mass is 326 g/mol. The normalized spacial score (nSPS) is 11.6. The van der Waals surface area contributed by atoms with Crippen LogP contribution >= 0.6 is 0 Å². The molecule has 1 aromatic carbocycles. The van der Waals surface area contributed by atoms with Gasteiger partial charge in [-0.1, -0.05) is 0 Å². The minimum atomic E-state index is -0.457. The molecule has 0 bridgehead atoms. The molecule has 0 aliphatic rings. The van der Waals surface area contributed by atoms with E-state index in [0.29, 0.717) is 11.6 Å². The third-order valence-corrected chi connectivity index (χ3v) is 3.36. The number of nitrogens with two attached hydrogens (primary N) is 1. The molecule has 0 saturated carbocycles. The molecule has 9 nitrogen and oxygen atoms in total. The molecule has 3 aromatic rings. The summed E-state index contributed by atoms with van der Waals surface area (Å²) in [5.74, 6) is 0.639. The highest BCUT2D eigenvalue weighted by molar-refractivity contribution is 5.75. The van der Waals surface area contributed by atoms with Crippen molar-refractivity contribution in [3.05, 3.63) is 36.4 Å². The molecule has 0 spiro atoms. The minimum absolute atomic E-state index is 0.0127. The lowest BCUT2D eigenvalue weighted by Gasteiger charge is -2.21. The topological polar surface area (TPSA) is 117 Å². The zero-order chi connectivity index (χ0) is 17.3. The van der Waals surface area contributed by atoms with Crippen molar-refractivity contribution in [2.75, 3.05) is 0 Å². The number of amides is 1. The van der Waals surface area contributed by atoms with E-state index in [4.69, 9.17) is 5.73 Å². The number of rotatable bonds is 4. The van der Waals surface area contributed by atoms with E-state index < -0.39 is 5.91 Å². The summed E-state index contributed by atoms with van der Waals surface area (Å²) in [4.78, 5) is 15.6. The third kappa shape index (κ3) is 3.14. The molecule has 0 atom stereocenters. The van der Waals surface area contributed by atoms with Crippen LogP contribution in [0.2, 0.25) is 0 Å². The van der Waals surface area contributed by atoms with Crippen LogP contribution in [-0.2, 0) is 16.8 Å². The number of primary amides is 1. The quantitative estimate of drug-likeness (QED) is 0.754. The van der Waals surface area contributed by atoms with Gasteiger partial charge in [-0.2, -0.15) is 5.10 Å². The molecule has 0 saturated heterocycles. The van der Waals surface area contributed by atoms with Gasteiger partial charge < -0.3 is 5.73 Å². The molecule has 1 amide bonds. The van der Waals surface area contributed by atoms with Crippen molar-refractivity contribution in [1.29, 1.82) is 0 Å². The van der Waals surface area contributed by atoms with Crippen LogP contribution in [0.25, 0.3) is 17.1 Å². The van der Waals surface area contributed by atoms with Gasteiger partial charge in [0.05, 0.1) is 17.6 Å². The highest BCUT2D eigenvalue weighted by atomic mass is 16.1. The number of tetrazole rings is 1. The van der Waals surface area contributed by atoms with Crippen molar-refractivity contribution in [3.63, 3.8) is 0 Å². The van der Waals surface area contributed by atoms with E-state index in [0.717, 1.165) is 11.3 Å². The second-order valence-corrected chi connectivity index (χ2v) is 6.38. The Hall–Kier alpha value is -3.10. The maximum atomic E-state index is 11.2. The van der Waals surface area contributed by atoms with Gasteiger partial charge in [0.1, 0.15) is 6.33 Å². The van der Waals surface area contributed by atoms with Crippen LogP contribution in [0.3, 0.4) is 0 Å². The zero-order valence-corrected chi connectivity index (χ0v) is 13.7. The van der Waals surface area contributed by atoms with E-state index in [2.05, 4.69) is 25.6 Å². The summed E-state index contributed by atoms with van der Waals surface area (Å²) in [6.45, 7) is 6.07. The molecular formula is C15H18N8O. The van der Waals surface area contributed by atoms with Gasteiger partial charge in [0.25, 0.3) is 0 Å². The van der Waals surface area contributed by atoms with Gasteiger partial charge in [0.15, 0.2) is 11.6 Å². The summed E-state index contributed by atoms with van der Waals surface area (Å²) in [6, 6.07) is 7.61. The Labute approximate surface area is 138 Å². The average Bonchev–Trinajstić information content (AvgIpc) is 3.15. The Morgan fingerprint density at radius 3 is 2.46 bits per heavy atom. The molecule has 9 heteroatoms. The van der Waals surface area contributed by atoms with Gasteiger partial charge in [-0.3, -0.25) is 4.79 Å². The molecule has 2 aromatic heterocycles. The van der Waals surface area contributed by atoms with Crippen molar-refractivity contribution in [1.82, 2.24) is 35.0 Å². The summed E-state index contributed by atoms with van der Waals surface area (Å²) in [5.41, 5.74) is 6.69. The van der Waals surface area contributed by atoms with Crippen molar-refractivity contribution in [2.45, 2.75) is 32.7 Å². The van der Waals surface area contributed by atoms with Gasteiger partial charge in [-0.25, -0.2) is 14.3 Å². The van der Waals surface area contributed by atoms with E-state index in [-0.39, 0.29) is 12.0 Å². The standard InChI is InChI=1S/C15H18N8O/c1-15(2,3)23-14(18-13(19-23)8-12(16)24)10-4-6-11(7-5-10)22-9-17-20-21-22/h4-7,9H,8H2,1-3H3,(H2,16,24). The third-order valence-electron chi connectivity index (χ3n) is 3.36. The number of hydrogen-bond donors (Lipinski definition) is 1. The smallest absolute Gasteiger partial charge is 0.225 e. The lowest BCUT2D eigenvalue weighted by molar-refractivity contribution is -0.117. The maximum absolute atomic E-state index is 11.2.